The molecule has 0 aromatic rings. The quantitative estimate of drug-likeness (QED) is 0.706. The number of hydrogen-bond donors (Lipinski definition) is 1. The van der Waals surface area contributed by atoms with Gasteiger partial charge in [0.05, 0.1) is 6.10 Å². The monoisotopic (exact) mass is 211 g/mol. The minimum Gasteiger partial charge on any atom is -0.393 e. The van der Waals surface area contributed by atoms with Crippen LogP contribution in [0.25, 0.3) is 0 Å². The molecule has 86 valence electrons. The third-order valence-electron chi connectivity index (χ3n) is 3.84. The minimum absolute atomic E-state index is 0.0978. The lowest BCUT2D eigenvalue weighted by molar-refractivity contribution is -0.115. The molecule has 15 heavy (non-hydrogen) atoms. The van der Waals surface area contributed by atoms with Crippen LogP contribution in [0.5, 0.6) is 0 Å². The van der Waals surface area contributed by atoms with Gasteiger partial charge in [-0.15, -0.1) is 0 Å². The topological polar surface area (TPSA) is 40.5 Å². The molecule has 1 aliphatic carbocycles. The van der Waals surface area contributed by atoms with Crippen LogP contribution in [0.1, 0.15) is 26.7 Å². The molecular weight excluding hydrogens is 190 g/mol. The number of likely N-dealkylation sites (tertiary alicyclic amines) is 1. The van der Waals surface area contributed by atoms with Crippen LogP contribution in [-0.2, 0) is 4.79 Å². The number of hydrogen-bond acceptors (Lipinski definition) is 3. The van der Waals surface area contributed by atoms with Crippen molar-refractivity contribution in [1.29, 1.82) is 0 Å². The van der Waals surface area contributed by atoms with E-state index >= 15 is 0 Å². The van der Waals surface area contributed by atoms with E-state index < -0.39 is 0 Å². The molecule has 0 aromatic heterocycles. The van der Waals surface area contributed by atoms with Gasteiger partial charge in [-0.05, 0) is 18.8 Å². The highest BCUT2D eigenvalue weighted by atomic mass is 16.3. The molecule has 1 N–H and O–H groups in total. The second kappa shape index (κ2) is 3.87. The molecule has 3 heteroatoms. The zero-order chi connectivity index (χ0) is 11.1. The van der Waals surface area contributed by atoms with Crippen molar-refractivity contribution in [2.24, 2.45) is 17.3 Å². The zero-order valence-electron chi connectivity index (χ0n) is 9.65. The van der Waals surface area contributed by atoms with Gasteiger partial charge in [0.2, 0.25) is 0 Å². The third kappa shape index (κ3) is 2.23. The van der Waals surface area contributed by atoms with E-state index in [-0.39, 0.29) is 11.5 Å². The van der Waals surface area contributed by atoms with E-state index in [1.807, 2.05) is 13.8 Å². The van der Waals surface area contributed by atoms with E-state index in [9.17, 15) is 9.90 Å². The fraction of sp³-hybridized carbons (Fsp3) is 0.917. The number of aliphatic hydroxyl groups excluding tert-OH is 1. The van der Waals surface area contributed by atoms with Crippen molar-refractivity contribution >= 4 is 6.29 Å². The lowest BCUT2D eigenvalue weighted by Crippen LogP contribution is -2.35. The second-order valence-corrected chi connectivity index (χ2v) is 5.87. The Morgan fingerprint density at radius 1 is 1.40 bits per heavy atom. The lowest BCUT2D eigenvalue weighted by Gasteiger charge is -2.25. The molecule has 0 aromatic carbocycles. The van der Waals surface area contributed by atoms with Gasteiger partial charge < -0.3 is 14.8 Å². The van der Waals surface area contributed by atoms with Crippen molar-refractivity contribution in [3.8, 4) is 0 Å². The van der Waals surface area contributed by atoms with Crippen molar-refractivity contribution in [3.63, 3.8) is 0 Å². The SMILES string of the molecule is CC(C)(C=O)CN1CC2CCC(O)C2C1. The molecule has 2 rings (SSSR count). The van der Waals surface area contributed by atoms with Gasteiger partial charge in [-0.1, -0.05) is 13.8 Å². The first-order valence-corrected chi connectivity index (χ1v) is 5.88. The summed E-state index contributed by atoms with van der Waals surface area (Å²) in [4.78, 5) is 13.2. The number of rotatable bonds is 3. The summed E-state index contributed by atoms with van der Waals surface area (Å²) in [6, 6.07) is 0. The van der Waals surface area contributed by atoms with Gasteiger partial charge in [0.15, 0.2) is 0 Å². The molecule has 1 saturated heterocycles. The van der Waals surface area contributed by atoms with Crippen molar-refractivity contribution in [2.45, 2.75) is 32.8 Å². The highest BCUT2D eigenvalue weighted by Crippen LogP contribution is 2.38. The van der Waals surface area contributed by atoms with Crippen LogP contribution in [0.15, 0.2) is 0 Å². The van der Waals surface area contributed by atoms with Crippen LogP contribution in [0.3, 0.4) is 0 Å². The fourth-order valence-corrected chi connectivity index (χ4v) is 3.07. The van der Waals surface area contributed by atoms with Gasteiger partial charge in [0.1, 0.15) is 6.29 Å². The first kappa shape index (κ1) is 11.1. The Morgan fingerprint density at radius 3 is 2.73 bits per heavy atom. The lowest BCUT2D eigenvalue weighted by atomic mass is 9.95. The standard InChI is InChI=1S/C12H21NO2/c1-12(2,8-14)7-13-5-9-3-4-11(15)10(9)6-13/h8-11,15H,3-7H2,1-2H3. The van der Waals surface area contributed by atoms with Crippen LogP contribution in [0.4, 0.5) is 0 Å². The summed E-state index contributed by atoms with van der Waals surface area (Å²) in [6.45, 7) is 6.83. The summed E-state index contributed by atoms with van der Waals surface area (Å²) in [6.07, 6.45) is 3.07. The number of carbonyl (C=O) groups excluding carboxylic acids is 1. The normalized spacial score (nSPS) is 36.9. The zero-order valence-corrected chi connectivity index (χ0v) is 9.65. The smallest absolute Gasteiger partial charge is 0.126 e. The summed E-state index contributed by atoms with van der Waals surface area (Å²) >= 11 is 0. The van der Waals surface area contributed by atoms with Gasteiger partial charge in [-0.2, -0.15) is 0 Å². The van der Waals surface area contributed by atoms with Crippen LogP contribution >= 0.6 is 0 Å². The van der Waals surface area contributed by atoms with Gasteiger partial charge in [-0.3, -0.25) is 0 Å². The van der Waals surface area contributed by atoms with Gasteiger partial charge in [-0.25, -0.2) is 0 Å². The van der Waals surface area contributed by atoms with Gasteiger partial charge >= 0.3 is 0 Å². The molecule has 3 atom stereocenters. The Morgan fingerprint density at radius 2 is 2.13 bits per heavy atom. The van der Waals surface area contributed by atoms with Crippen LogP contribution in [0.2, 0.25) is 0 Å². The maximum atomic E-state index is 10.8. The molecule has 1 aliphatic heterocycles. The highest BCUT2D eigenvalue weighted by Gasteiger charge is 2.42. The number of aldehydes is 1. The predicted molar refractivity (Wildman–Crippen MR) is 58.5 cm³/mol. The van der Waals surface area contributed by atoms with E-state index in [1.165, 1.54) is 0 Å². The van der Waals surface area contributed by atoms with Crippen molar-refractivity contribution < 1.29 is 9.90 Å². The summed E-state index contributed by atoms with van der Waals surface area (Å²) in [5.41, 5.74) is -0.246. The minimum atomic E-state index is -0.246. The number of nitrogens with zero attached hydrogens (tertiary/aromatic N) is 1. The largest absolute Gasteiger partial charge is 0.393 e. The Hall–Kier alpha value is -0.410. The Bertz CT molecular complexity index is 252. The average molecular weight is 211 g/mol. The molecular formula is C12H21NO2. The van der Waals surface area contributed by atoms with Crippen molar-refractivity contribution in [2.75, 3.05) is 19.6 Å². The molecule has 2 aliphatic rings. The second-order valence-electron chi connectivity index (χ2n) is 5.87. The molecule has 1 saturated carbocycles. The van der Waals surface area contributed by atoms with Crippen LogP contribution in [-0.4, -0.2) is 42.0 Å². The molecule has 3 nitrogen and oxygen atoms in total. The maximum Gasteiger partial charge on any atom is 0.126 e. The Labute approximate surface area is 91.5 Å². The Balaban J connectivity index is 1.91. The first-order chi connectivity index (χ1) is 7.02. The summed E-state index contributed by atoms with van der Waals surface area (Å²) in [7, 11) is 0. The van der Waals surface area contributed by atoms with E-state index in [2.05, 4.69) is 4.90 Å². The summed E-state index contributed by atoms with van der Waals surface area (Å²) < 4.78 is 0. The Kier molecular flexibility index (Phi) is 2.86. The molecule has 0 amide bonds. The summed E-state index contributed by atoms with van der Waals surface area (Å²) in [5.74, 6) is 1.13. The van der Waals surface area contributed by atoms with E-state index in [0.717, 1.165) is 38.8 Å². The van der Waals surface area contributed by atoms with E-state index in [0.29, 0.717) is 11.8 Å². The van der Waals surface area contributed by atoms with E-state index in [4.69, 9.17) is 0 Å². The molecule has 0 radical (unpaired) electrons. The predicted octanol–water partition coefficient (Wildman–Crippen LogP) is 0.914. The first-order valence-electron chi connectivity index (χ1n) is 5.88. The van der Waals surface area contributed by atoms with E-state index in [1.54, 1.807) is 0 Å². The maximum absolute atomic E-state index is 10.8. The molecule has 1 heterocycles. The van der Waals surface area contributed by atoms with Crippen LogP contribution in [0, 0.1) is 17.3 Å². The van der Waals surface area contributed by atoms with Gasteiger partial charge in [0.25, 0.3) is 0 Å². The highest BCUT2D eigenvalue weighted by molar-refractivity contribution is 5.58. The number of aliphatic hydroxyl groups is 1. The van der Waals surface area contributed by atoms with Crippen molar-refractivity contribution in [1.82, 2.24) is 4.90 Å². The number of fused-ring (bicyclic) bond motifs is 1. The average Bonchev–Trinajstić information content (AvgIpc) is 2.69. The van der Waals surface area contributed by atoms with Crippen LogP contribution < -0.4 is 0 Å². The van der Waals surface area contributed by atoms with Crippen molar-refractivity contribution in [3.05, 3.63) is 0 Å². The molecule has 2 fully saturated rings. The summed E-state index contributed by atoms with van der Waals surface area (Å²) in [5, 5.41) is 9.78. The molecule has 3 unspecified atom stereocenters. The molecule has 0 bridgehead atoms. The van der Waals surface area contributed by atoms with Gasteiger partial charge in [0, 0.05) is 31.0 Å². The molecule has 0 spiro atoms. The third-order valence-corrected chi connectivity index (χ3v) is 3.84. The fourth-order valence-electron chi connectivity index (χ4n) is 3.07. The number of carbonyl (C=O) groups is 1.